The van der Waals surface area contributed by atoms with Crippen LogP contribution >= 0.6 is 0 Å². The van der Waals surface area contributed by atoms with Crippen LogP contribution < -0.4 is 0 Å². The van der Waals surface area contributed by atoms with E-state index < -0.39 is 0 Å². The fraction of sp³-hybridized carbons (Fsp3) is 0.222. The Hall–Kier alpha value is -1.11. The summed E-state index contributed by atoms with van der Waals surface area (Å²) in [4.78, 5) is 4.19. The van der Waals surface area contributed by atoms with Gasteiger partial charge in [0.05, 0.1) is 7.06 Å². The molecule has 1 nitrogen and oxygen atoms in total. The predicted molar refractivity (Wildman–Crippen MR) is 44.9 cm³/mol. The molecule has 0 N–H and O–H groups in total. The molecule has 0 fully saturated rings. The summed E-state index contributed by atoms with van der Waals surface area (Å²) in [7, 11) is 0. The van der Waals surface area contributed by atoms with E-state index in [-0.39, 0.29) is 0 Å². The molecule has 0 unspecified atom stereocenters. The first-order valence-electron chi connectivity index (χ1n) is 3.77. The molecule has 0 aliphatic heterocycles. The molecular weight excluding hydrogens is 122 g/mol. The highest BCUT2D eigenvalue weighted by atomic mass is 14.7. The van der Waals surface area contributed by atoms with Crippen molar-refractivity contribution in [3.63, 3.8) is 0 Å². The van der Waals surface area contributed by atoms with Gasteiger partial charge in [-0.05, 0) is 26.0 Å². The average Bonchev–Trinajstić information content (AvgIpc) is 1.93. The van der Waals surface area contributed by atoms with Crippen LogP contribution in [0.2, 0.25) is 0 Å². The zero-order chi connectivity index (χ0) is 8.27. The van der Waals surface area contributed by atoms with Gasteiger partial charge < -0.3 is 0 Å². The Labute approximate surface area is 62.8 Å². The first-order valence-corrected chi connectivity index (χ1v) is 3.27. The minimum absolute atomic E-state index is 0.480. The van der Waals surface area contributed by atoms with Crippen molar-refractivity contribution in [2.24, 2.45) is 4.99 Å². The van der Waals surface area contributed by atoms with Gasteiger partial charge in [-0.1, -0.05) is 18.2 Å². The number of aliphatic imine (C=N–C) groups is 1. The molecule has 0 saturated carbocycles. The molecule has 52 valence electrons. The maximum Gasteiger partial charge on any atom is 0.0645 e. The minimum atomic E-state index is 0.480. The number of nitrogens with zero attached hydrogens (tertiary/aromatic N) is 1. The first kappa shape index (κ1) is 5.66. The van der Waals surface area contributed by atoms with Gasteiger partial charge in [0.1, 0.15) is 0 Å². The highest BCUT2D eigenvalue weighted by Crippen LogP contribution is 2.09. The van der Waals surface area contributed by atoms with E-state index in [9.17, 15) is 0 Å². The third kappa shape index (κ3) is 2.02. The Morgan fingerprint density at radius 2 is 2.20 bits per heavy atom. The smallest absolute Gasteiger partial charge is 0.0645 e. The fourth-order valence-corrected chi connectivity index (χ4v) is 0.694. The molecule has 0 aromatic heterocycles. The van der Waals surface area contributed by atoms with Crippen molar-refractivity contribution >= 4 is 11.4 Å². The van der Waals surface area contributed by atoms with E-state index in [1.165, 1.54) is 0 Å². The largest absolute Gasteiger partial charge is 0.258 e. The van der Waals surface area contributed by atoms with Crippen LogP contribution in [-0.4, -0.2) is 5.71 Å². The van der Waals surface area contributed by atoms with Crippen LogP contribution in [0, 0.1) is 0 Å². The second-order valence-electron chi connectivity index (χ2n) is 2.31. The van der Waals surface area contributed by atoms with E-state index in [4.69, 9.17) is 1.37 Å². The topological polar surface area (TPSA) is 12.4 Å². The fourth-order valence-electron chi connectivity index (χ4n) is 0.694. The summed E-state index contributed by atoms with van der Waals surface area (Å²) in [5, 5.41) is 0. The molecule has 0 heterocycles. The average molecular weight is 135 g/mol. The zero-order valence-corrected chi connectivity index (χ0v) is 6.26. The molecule has 0 amide bonds. The second-order valence-corrected chi connectivity index (χ2v) is 2.31. The molecule has 0 atom stereocenters. The normalized spacial score (nSPS) is 10.4. The molecule has 0 radical (unpaired) electrons. The van der Waals surface area contributed by atoms with Crippen molar-refractivity contribution in [1.82, 2.24) is 0 Å². The summed E-state index contributed by atoms with van der Waals surface area (Å²) in [6.07, 6.45) is 0. The number of benzene rings is 1. The molecule has 10 heavy (non-hydrogen) atoms. The second kappa shape index (κ2) is 3.16. The van der Waals surface area contributed by atoms with Gasteiger partial charge in [-0.3, -0.25) is 4.99 Å². The summed E-state index contributed by atoms with van der Waals surface area (Å²) >= 11 is 0. The molecule has 1 aromatic rings. The molecule has 1 aromatic carbocycles. The minimum Gasteiger partial charge on any atom is -0.258 e. The van der Waals surface area contributed by atoms with Gasteiger partial charge in [0.15, 0.2) is 0 Å². The SMILES string of the molecule is [3H]c1ccccc1N=C(C)C. The summed E-state index contributed by atoms with van der Waals surface area (Å²) in [5.41, 5.74) is 1.72. The highest BCUT2D eigenvalue weighted by molar-refractivity contribution is 5.81. The van der Waals surface area contributed by atoms with Gasteiger partial charge in [-0.25, -0.2) is 0 Å². The van der Waals surface area contributed by atoms with Crippen molar-refractivity contribution in [2.45, 2.75) is 13.8 Å². The van der Waals surface area contributed by atoms with Gasteiger partial charge >= 0.3 is 0 Å². The summed E-state index contributed by atoms with van der Waals surface area (Å²) < 4.78 is 7.46. The maximum absolute atomic E-state index is 7.46. The monoisotopic (exact) mass is 135 g/mol. The number of para-hydroxylation sites is 1. The zero-order valence-electron chi connectivity index (χ0n) is 7.26. The third-order valence-electron chi connectivity index (χ3n) is 1.04. The quantitative estimate of drug-likeness (QED) is 0.525. The lowest BCUT2D eigenvalue weighted by molar-refractivity contribution is 1.48. The molecule has 0 saturated heterocycles. The van der Waals surface area contributed by atoms with E-state index >= 15 is 0 Å². The van der Waals surface area contributed by atoms with Crippen LogP contribution in [-0.2, 0) is 0 Å². The van der Waals surface area contributed by atoms with Crippen molar-refractivity contribution in [2.75, 3.05) is 0 Å². The summed E-state index contributed by atoms with van der Waals surface area (Å²) in [5.74, 6) is 0. The molecule has 0 bridgehead atoms. The van der Waals surface area contributed by atoms with Crippen molar-refractivity contribution < 1.29 is 1.37 Å². The van der Waals surface area contributed by atoms with Gasteiger partial charge in [0.25, 0.3) is 0 Å². The Bertz CT molecular complexity index is 275. The lowest BCUT2D eigenvalue weighted by Crippen LogP contribution is -1.76. The Balaban J connectivity index is 3.04. The number of hydrogen-bond acceptors (Lipinski definition) is 1. The van der Waals surface area contributed by atoms with Crippen molar-refractivity contribution in [1.29, 1.82) is 0 Å². The Morgan fingerprint density at radius 3 is 2.80 bits per heavy atom. The van der Waals surface area contributed by atoms with Crippen LogP contribution in [0.5, 0.6) is 0 Å². The Morgan fingerprint density at radius 1 is 1.40 bits per heavy atom. The lowest BCUT2D eigenvalue weighted by atomic mass is 10.3. The van der Waals surface area contributed by atoms with Crippen LogP contribution in [0.4, 0.5) is 5.69 Å². The van der Waals surface area contributed by atoms with Crippen LogP contribution in [0.3, 0.4) is 0 Å². The van der Waals surface area contributed by atoms with Gasteiger partial charge in [-0.2, -0.15) is 0 Å². The van der Waals surface area contributed by atoms with Gasteiger partial charge in [-0.15, -0.1) is 0 Å². The van der Waals surface area contributed by atoms with E-state index in [1.807, 2.05) is 32.0 Å². The van der Waals surface area contributed by atoms with Crippen LogP contribution in [0.1, 0.15) is 15.2 Å². The Kier molecular flexibility index (Phi) is 1.79. The highest BCUT2D eigenvalue weighted by Gasteiger charge is 1.83. The molecule has 0 aliphatic rings. The first-order chi connectivity index (χ1) is 5.20. The van der Waals surface area contributed by atoms with Crippen molar-refractivity contribution in [3.8, 4) is 0 Å². The van der Waals surface area contributed by atoms with Crippen LogP contribution in [0.15, 0.2) is 35.3 Å². The van der Waals surface area contributed by atoms with Crippen LogP contribution in [0.25, 0.3) is 0 Å². The molecule has 0 spiro atoms. The predicted octanol–water partition coefficient (Wildman–Crippen LogP) is 2.80. The third-order valence-corrected chi connectivity index (χ3v) is 1.04. The molecular formula is C9H11N. The maximum atomic E-state index is 7.46. The van der Waals surface area contributed by atoms with Gasteiger partial charge in [0.2, 0.25) is 0 Å². The van der Waals surface area contributed by atoms with E-state index in [0.717, 1.165) is 11.4 Å². The van der Waals surface area contributed by atoms with E-state index in [0.29, 0.717) is 6.04 Å². The molecule has 0 aliphatic carbocycles. The summed E-state index contributed by atoms with van der Waals surface area (Å²) in [6, 6.07) is 7.79. The number of rotatable bonds is 1. The van der Waals surface area contributed by atoms with Crippen molar-refractivity contribution in [3.05, 3.63) is 30.3 Å². The summed E-state index contributed by atoms with van der Waals surface area (Å²) in [6.45, 7) is 3.85. The molecule has 1 rings (SSSR count). The van der Waals surface area contributed by atoms with Gasteiger partial charge in [0, 0.05) is 5.71 Å². The lowest BCUT2D eigenvalue weighted by Gasteiger charge is -1.91. The number of hydrogen-bond donors (Lipinski definition) is 0. The molecule has 1 heteroatoms. The standard InChI is InChI=1S/C9H11N/c1-8(2)10-9-6-4-3-5-7-9/h3-7H,1-2H3/i6T. The van der Waals surface area contributed by atoms with E-state index in [2.05, 4.69) is 4.99 Å². The van der Waals surface area contributed by atoms with E-state index in [1.54, 1.807) is 6.07 Å².